The standard InChI is InChI=1S/C26H36N4O2/c1-26(2,3)22-11-9-19(10-12-22)25(32)29-23-17-20(24(31)28-14-13-27)7-8-21(23)18-30-15-5-4-6-16-30/h7-12,17H,4-6,13-16,18,27H2,1-3H3,(H,28,31)(H,29,32). The topological polar surface area (TPSA) is 87.5 Å². The van der Waals surface area contributed by atoms with Crippen LogP contribution in [0.4, 0.5) is 5.69 Å². The van der Waals surface area contributed by atoms with Crippen LogP contribution in [0.5, 0.6) is 0 Å². The Labute approximate surface area is 191 Å². The Hall–Kier alpha value is -2.70. The van der Waals surface area contributed by atoms with Crippen LogP contribution < -0.4 is 16.4 Å². The zero-order valence-corrected chi connectivity index (χ0v) is 19.5. The number of carbonyl (C=O) groups is 2. The van der Waals surface area contributed by atoms with Gasteiger partial charge in [-0.05, 0) is 66.7 Å². The monoisotopic (exact) mass is 436 g/mol. The second-order valence-electron chi connectivity index (χ2n) is 9.53. The highest BCUT2D eigenvalue weighted by Crippen LogP contribution is 2.25. The lowest BCUT2D eigenvalue weighted by Crippen LogP contribution is -2.30. The molecule has 2 aromatic carbocycles. The third-order valence-electron chi connectivity index (χ3n) is 5.91. The van der Waals surface area contributed by atoms with E-state index in [1.807, 2.05) is 36.4 Å². The minimum atomic E-state index is -0.190. The summed E-state index contributed by atoms with van der Waals surface area (Å²) < 4.78 is 0. The Morgan fingerprint density at radius 2 is 1.59 bits per heavy atom. The number of nitrogens with zero attached hydrogens (tertiary/aromatic N) is 1. The van der Waals surface area contributed by atoms with Crippen molar-refractivity contribution in [3.63, 3.8) is 0 Å². The number of piperidine rings is 1. The van der Waals surface area contributed by atoms with E-state index in [-0.39, 0.29) is 17.2 Å². The van der Waals surface area contributed by atoms with Crippen molar-refractivity contribution in [2.75, 3.05) is 31.5 Å². The molecule has 0 unspecified atom stereocenters. The fraction of sp³-hybridized carbons (Fsp3) is 0.462. The SMILES string of the molecule is CC(C)(C)c1ccc(C(=O)Nc2cc(C(=O)NCCN)ccc2CN2CCCCC2)cc1. The van der Waals surface area contributed by atoms with Crippen LogP contribution in [0.3, 0.4) is 0 Å². The van der Waals surface area contributed by atoms with Crippen molar-refractivity contribution in [3.8, 4) is 0 Å². The number of nitrogens with two attached hydrogens (primary N) is 1. The zero-order chi connectivity index (χ0) is 23.1. The van der Waals surface area contributed by atoms with E-state index in [9.17, 15) is 9.59 Å². The van der Waals surface area contributed by atoms with Gasteiger partial charge in [0.05, 0.1) is 0 Å². The molecule has 1 fully saturated rings. The summed E-state index contributed by atoms with van der Waals surface area (Å²) in [5, 5.41) is 5.85. The van der Waals surface area contributed by atoms with E-state index in [4.69, 9.17) is 5.73 Å². The van der Waals surface area contributed by atoms with Crippen LogP contribution in [-0.4, -0.2) is 42.9 Å². The van der Waals surface area contributed by atoms with Crippen molar-refractivity contribution < 1.29 is 9.59 Å². The van der Waals surface area contributed by atoms with Gasteiger partial charge in [-0.1, -0.05) is 45.4 Å². The Morgan fingerprint density at radius 3 is 2.22 bits per heavy atom. The van der Waals surface area contributed by atoms with E-state index in [0.717, 1.165) is 25.2 Å². The summed E-state index contributed by atoms with van der Waals surface area (Å²) in [5.74, 6) is -0.366. The normalized spacial score (nSPS) is 14.8. The Balaban J connectivity index is 1.83. The molecule has 2 amide bonds. The number of nitrogens with one attached hydrogen (secondary N) is 2. The molecule has 1 aliphatic rings. The summed E-state index contributed by atoms with van der Waals surface area (Å²) in [5.41, 5.74) is 9.52. The van der Waals surface area contributed by atoms with E-state index < -0.39 is 0 Å². The van der Waals surface area contributed by atoms with E-state index in [0.29, 0.717) is 29.9 Å². The molecule has 32 heavy (non-hydrogen) atoms. The highest BCUT2D eigenvalue weighted by atomic mass is 16.2. The lowest BCUT2D eigenvalue weighted by atomic mass is 9.86. The molecule has 1 saturated heterocycles. The summed E-state index contributed by atoms with van der Waals surface area (Å²) in [6.07, 6.45) is 3.66. The first-order valence-corrected chi connectivity index (χ1v) is 11.5. The summed E-state index contributed by atoms with van der Waals surface area (Å²) in [6, 6.07) is 13.3. The first-order valence-electron chi connectivity index (χ1n) is 11.5. The number of rotatable bonds is 7. The molecule has 0 bridgehead atoms. The van der Waals surface area contributed by atoms with Gasteiger partial charge in [-0.25, -0.2) is 0 Å². The third kappa shape index (κ3) is 6.40. The predicted molar refractivity (Wildman–Crippen MR) is 130 cm³/mol. The lowest BCUT2D eigenvalue weighted by Gasteiger charge is -2.27. The summed E-state index contributed by atoms with van der Waals surface area (Å²) in [7, 11) is 0. The second kappa shape index (κ2) is 10.7. The smallest absolute Gasteiger partial charge is 0.255 e. The molecule has 0 spiro atoms. The van der Waals surface area contributed by atoms with Crippen molar-refractivity contribution in [1.82, 2.24) is 10.2 Å². The first-order chi connectivity index (χ1) is 15.3. The number of hydrogen-bond donors (Lipinski definition) is 3. The van der Waals surface area contributed by atoms with Crippen LogP contribution in [0, 0.1) is 0 Å². The molecule has 3 rings (SSSR count). The van der Waals surface area contributed by atoms with E-state index >= 15 is 0 Å². The van der Waals surface area contributed by atoms with E-state index in [2.05, 4.69) is 36.3 Å². The molecule has 0 aliphatic carbocycles. The number of carbonyl (C=O) groups excluding carboxylic acids is 2. The Morgan fingerprint density at radius 1 is 0.938 bits per heavy atom. The molecule has 2 aromatic rings. The van der Waals surface area contributed by atoms with Gasteiger partial charge in [0.2, 0.25) is 0 Å². The van der Waals surface area contributed by atoms with Gasteiger partial charge in [-0.2, -0.15) is 0 Å². The maximum atomic E-state index is 13.0. The molecular formula is C26H36N4O2. The van der Waals surface area contributed by atoms with Crippen molar-refractivity contribution in [3.05, 3.63) is 64.7 Å². The maximum absolute atomic E-state index is 13.0. The lowest BCUT2D eigenvalue weighted by molar-refractivity contribution is 0.0953. The molecule has 0 aromatic heterocycles. The minimum absolute atomic E-state index is 0.0296. The van der Waals surface area contributed by atoms with Crippen LogP contribution in [0.25, 0.3) is 0 Å². The van der Waals surface area contributed by atoms with Crippen LogP contribution in [0.15, 0.2) is 42.5 Å². The Bertz CT molecular complexity index is 926. The maximum Gasteiger partial charge on any atom is 0.255 e. The fourth-order valence-electron chi connectivity index (χ4n) is 3.93. The highest BCUT2D eigenvalue weighted by Gasteiger charge is 2.18. The fourth-order valence-corrected chi connectivity index (χ4v) is 3.93. The van der Waals surface area contributed by atoms with Gasteiger partial charge in [0.1, 0.15) is 0 Å². The van der Waals surface area contributed by atoms with Crippen molar-refractivity contribution >= 4 is 17.5 Å². The summed E-state index contributed by atoms with van der Waals surface area (Å²) in [4.78, 5) is 27.9. The van der Waals surface area contributed by atoms with Crippen LogP contribution in [0.2, 0.25) is 0 Å². The van der Waals surface area contributed by atoms with E-state index in [1.165, 1.54) is 24.8 Å². The molecule has 0 radical (unpaired) electrons. The van der Waals surface area contributed by atoms with Gasteiger partial charge < -0.3 is 16.4 Å². The van der Waals surface area contributed by atoms with Crippen LogP contribution >= 0.6 is 0 Å². The van der Waals surface area contributed by atoms with Gasteiger partial charge in [0, 0.05) is 36.4 Å². The summed E-state index contributed by atoms with van der Waals surface area (Å²) >= 11 is 0. The first kappa shape index (κ1) is 24.0. The van der Waals surface area contributed by atoms with Crippen molar-refractivity contribution in [2.45, 2.75) is 52.0 Å². The molecular weight excluding hydrogens is 400 g/mol. The minimum Gasteiger partial charge on any atom is -0.351 e. The van der Waals surface area contributed by atoms with Crippen LogP contribution in [-0.2, 0) is 12.0 Å². The third-order valence-corrected chi connectivity index (χ3v) is 5.91. The number of hydrogen-bond acceptors (Lipinski definition) is 4. The van der Waals surface area contributed by atoms with Gasteiger partial charge in [-0.15, -0.1) is 0 Å². The molecule has 0 atom stereocenters. The van der Waals surface area contributed by atoms with Gasteiger partial charge in [0.15, 0.2) is 0 Å². The highest BCUT2D eigenvalue weighted by molar-refractivity contribution is 6.05. The van der Waals surface area contributed by atoms with Crippen molar-refractivity contribution in [2.24, 2.45) is 5.73 Å². The van der Waals surface area contributed by atoms with Gasteiger partial charge >= 0.3 is 0 Å². The van der Waals surface area contributed by atoms with E-state index in [1.54, 1.807) is 6.07 Å². The molecule has 0 saturated carbocycles. The average Bonchev–Trinajstić information content (AvgIpc) is 2.78. The predicted octanol–water partition coefficient (Wildman–Crippen LogP) is 3.91. The molecule has 6 nitrogen and oxygen atoms in total. The number of likely N-dealkylation sites (tertiary alicyclic amines) is 1. The molecule has 1 heterocycles. The largest absolute Gasteiger partial charge is 0.351 e. The molecule has 1 aliphatic heterocycles. The molecule has 172 valence electrons. The molecule has 4 N–H and O–H groups in total. The summed E-state index contributed by atoms with van der Waals surface area (Å²) in [6.45, 7) is 10.1. The average molecular weight is 437 g/mol. The van der Waals surface area contributed by atoms with Crippen LogP contribution in [0.1, 0.15) is 71.9 Å². The molecule has 6 heteroatoms. The van der Waals surface area contributed by atoms with Gasteiger partial charge in [0.25, 0.3) is 11.8 Å². The Kier molecular flexibility index (Phi) is 8.04. The quantitative estimate of drug-likeness (QED) is 0.614. The second-order valence-corrected chi connectivity index (χ2v) is 9.53. The number of amides is 2. The zero-order valence-electron chi connectivity index (χ0n) is 19.5. The van der Waals surface area contributed by atoms with Gasteiger partial charge in [-0.3, -0.25) is 14.5 Å². The number of anilines is 1. The van der Waals surface area contributed by atoms with Crippen molar-refractivity contribution in [1.29, 1.82) is 0 Å². The number of benzene rings is 2.